The molecule has 9 heteroatoms. The highest BCUT2D eigenvalue weighted by Gasteiger charge is 2.10. The van der Waals surface area contributed by atoms with Crippen LogP contribution in [0, 0.1) is 0 Å². The summed E-state index contributed by atoms with van der Waals surface area (Å²) in [5.41, 5.74) is 10.2. The minimum atomic E-state index is -0.365. The molecule has 0 aliphatic rings. The maximum Gasteiger partial charge on any atom is 0.271 e. The van der Waals surface area contributed by atoms with E-state index < -0.39 is 0 Å². The van der Waals surface area contributed by atoms with Crippen LogP contribution in [0.25, 0.3) is 0 Å². The molecule has 0 heterocycles. The van der Waals surface area contributed by atoms with Gasteiger partial charge in [0.15, 0.2) is 18.1 Å². The van der Waals surface area contributed by atoms with Crippen molar-refractivity contribution in [3.63, 3.8) is 0 Å². The number of ether oxygens (including phenoxy) is 2. The number of anilines is 2. The predicted octanol–water partition coefficient (Wildman–Crippen LogP) is 3.71. The molecule has 32 heavy (non-hydrogen) atoms. The van der Waals surface area contributed by atoms with Crippen LogP contribution in [0.3, 0.4) is 0 Å². The van der Waals surface area contributed by atoms with Gasteiger partial charge in [-0.2, -0.15) is 5.10 Å². The van der Waals surface area contributed by atoms with Crippen LogP contribution in [0.2, 0.25) is 5.02 Å². The number of carbonyl (C=O) groups excluding carboxylic acids is 2. The number of halogens is 1. The van der Waals surface area contributed by atoms with Crippen LogP contribution in [0.5, 0.6) is 11.5 Å². The molecule has 0 bridgehead atoms. The van der Waals surface area contributed by atoms with Crippen molar-refractivity contribution in [1.29, 1.82) is 0 Å². The number of hydrogen-bond acceptors (Lipinski definition) is 6. The quantitative estimate of drug-likeness (QED) is 0.274. The highest BCUT2D eigenvalue weighted by Crippen LogP contribution is 2.28. The number of nitrogens with two attached hydrogens (primary N) is 1. The number of nitrogens with one attached hydrogen (secondary N) is 2. The number of nitrogens with zero attached hydrogens (tertiary/aromatic N) is 1. The van der Waals surface area contributed by atoms with Gasteiger partial charge in [-0.15, -0.1) is 0 Å². The molecule has 4 N–H and O–H groups in total. The zero-order valence-corrected chi connectivity index (χ0v) is 17.9. The standard InChI is InChI=1S/C23H21ClN4O4/c1-31-21-12-15(13-26-28-23(30)16-7-9-17(25)10-8-16)6-11-20(21)32-14-22(29)27-19-5-3-2-4-18(19)24/h2-13H,14,25H2,1H3,(H,27,29)(H,28,30)/b26-13+. The second kappa shape index (κ2) is 10.8. The lowest BCUT2D eigenvalue weighted by Crippen LogP contribution is -2.20. The van der Waals surface area contributed by atoms with Crippen LogP contribution in [-0.4, -0.2) is 31.7 Å². The molecule has 0 unspecified atom stereocenters. The Kier molecular flexibility index (Phi) is 7.66. The third kappa shape index (κ3) is 6.23. The van der Waals surface area contributed by atoms with Crippen molar-refractivity contribution >= 4 is 41.0 Å². The number of benzene rings is 3. The number of carbonyl (C=O) groups is 2. The molecule has 3 rings (SSSR count). The first-order valence-electron chi connectivity index (χ1n) is 9.50. The van der Waals surface area contributed by atoms with Crippen molar-refractivity contribution in [2.75, 3.05) is 24.8 Å². The zero-order valence-electron chi connectivity index (χ0n) is 17.2. The van der Waals surface area contributed by atoms with Crippen LogP contribution in [0.15, 0.2) is 71.8 Å². The lowest BCUT2D eigenvalue weighted by molar-refractivity contribution is -0.118. The molecule has 0 spiro atoms. The summed E-state index contributed by atoms with van der Waals surface area (Å²) in [7, 11) is 1.48. The molecule has 3 aromatic carbocycles. The van der Waals surface area contributed by atoms with E-state index in [0.29, 0.717) is 39.0 Å². The molecule has 2 amide bonds. The van der Waals surface area contributed by atoms with Gasteiger partial charge in [0.25, 0.3) is 11.8 Å². The monoisotopic (exact) mass is 452 g/mol. The van der Waals surface area contributed by atoms with Crippen molar-refractivity contribution in [3.8, 4) is 11.5 Å². The summed E-state index contributed by atoms with van der Waals surface area (Å²) < 4.78 is 10.9. The van der Waals surface area contributed by atoms with E-state index in [1.54, 1.807) is 66.7 Å². The molecule has 3 aromatic rings. The summed E-state index contributed by atoms with van der Waals surface area (Å²) in [6, 6.07) is 18.4. The van der Waals surface area contributed by atoms with Crippen molar-refractivity contribution in [2.24, 2.45) is 5.10 Å². The highest BCUT2D eigenvalue weighted by atomic mass is 35.5. The van der Waals surface area contributed by atoms with Gasteiger partial charge in [-0.05, 0) is 60.2 Å². The largest absolute Gasteiger partial charge is 0.493 e. The third-order valence-electron chi connectivity index (χ3n) is 4.25. The normalized spacial score (nSPS) is 10.6. The van der Waals surface area contributed by atoms with Crippen molar-refractivity contribution in [3.05, 3.63) is 82.9 Å². The lowest BCUT2D eigenvalue weighted by Gasteiger charge is -2.12. The van der Waals surface area contributed by atoms with Gasteiger partial charge < -0.3 is 20.5 Å². The first-order chi connectivity index (χ1) is 15.5. The fraction of sp³-hybridized carbons (Fsp3) is 0.0870. The van der Waals surface area contributed by atoms with Gasteiger partial charge in [-0.25, -0.2) is 5.43 Å². The molecule has 0 aromatic heterocycles. The first-order valence-corrected chi connectivity index (χ1v) is 9.88. The van der Waals surface area contributed by atoms with Gasteiger partial charge in [-0.1, -0.05) is 23.7 Å². The minimum Gasteiger partial charge on any atom is -0.493 e. The number of hydrogen-bond donors (Lipinski definition) is 3. The highest BCUT2D eigenvalue weighted by molar-refractivity contribution is 6.33. The van der Waals surface area contributed by atoms with Gasteiger partial charge >= 0.3 is 0 Å². The second-order valence-corrected chi connectivity index (χ2v) is 6.96. The fourth-order valence-electron chi connectivity index (χ4n) is 2.64. The van der Waals surface area contributed by atoms with E-state index in [4.69, 9.17) is 26.8 Å². The van der Waals surface area contributed by atoms with Crippen LogP contribution < -0.4 is 25.9 Å². The summed E-state index contributed by atoms with van der Waals surface area (Å²) in [6.45, 7) is -0.229. The Morgan fingerprint density at radius 2 is 1.81 bits per heavy atom. The Hall–Kier alpha value is -4.04. The van der Waals surface area contributed by atoms with Crippen molar-refractivity contribution in [1.82, 2.24) is 5.43 Å². The van der Waals surface area contributed by atoms with E-state index in [0.717, 1.165) is 0 Å². The molecule has 0 radical (unpaired) electrons. The number of nitrogen functional groups attached to an aromatic ring is 1. The number of methoxy groups -OCH3 is 1. The molecule has 164 valence electrons. The van der Waals surface area contributed by atoms with Gasteiger partial charge in [0.2, 0.25) is 0 Å². The summed E-state index contributed by atoms with van der Waals surface area (Å²) >= 11 is 6.03. The van der Waals surface area contributed by atoms with Gasteiger partial charge in [0.1, 0.15) is 0 Å². The van der Waals surface area contributed by atoms with Gasteiger partial charge in [0.05, 0.1) is 24.0 Å². The Morgan fingerprint density at radius 1 is 1.06 bits per heavy atom. The van der Waals surface area contributed by atoms with Gasteiger partial charge in [-0.3, -0.25) is 9.59 Å². The van der Waals surface area contributed by atoms with E-state index in [2.05, 4.69) is 15.8 Å². The molecular formula is C23H21ClN4O4. The van der Waals surface area contributed by atoms with Crippen molar-refractivity contribution < 1.29 is 19.1 Å². The van der Waals surface area contributed by atoms with Crippen molar-refractivity contribution in [2.45, 2.75) is 0 Å². The maximum atomic E-state index is 12.1. The minimum absolute atomic E-state index is 0.229. The average Bonchev–Trinajstić information content (AvgIpc) is 2.80. The van der Waals surface area contributed by atoms with E-state index >= 15 is 0 Å². The van der Waals surface area contributed by atoms with Gasteiger partial charge in [0, 0.05) is 11.3 Å². The second-order valence-electron chi connectivity index (χ2n) is 6.55. The molecular weight excluding hydrogens is 432 g/mol. The molecule has 0 atom stereocenters. The van der Waals surface area contributed by atoms with E-state index in [9.17, 15) is 9.59 Å². The summed E-state index contributed by atoms with van der Waals surface area (Å²) in [5, 5.41) is 7.06. The van der Waals surface area contributed by atoms with Crippen LogP contribution >= 0.6 is 11.6 Å². The molecule has 0 aliphatic heterocycles. The van der Waals surface area contributed by atoms with E-state index in [-0.39, 0.29) is 18.4 Å². The summed E-state index contributed by atoms with van der Waals surface area (Å²) in [6.07, 6.45) is 1.46. The predicted molar refractivity (Wildman–Crippen MR) is 124 cm³/mol. The molecule has 0 saturated heterocycles. The summed E-state index contributed by atoms with van der Waals surface area (Å²) in [4.78, 5) is 24.2. The van der Waals surface area contributed by atoms with Crippen LogP contribution in [0.4, 0.5) is 11.4 Å². The first kappa shape index (κ1) is 22.6. The molecule has 0 saturated carbocycles. The smallest absolute Gasteiger partial charge is 0.271 e. The van der Waals surface area contributed by atoms with E-state index in [1.807, 2.05) is 0 Å². The zero-order chi connectivity index (χ0) is 22.9. The number of rotatable bonds is 8. The van der Waals surface area contributed by atoms with Crippen LogP contribution in [-0.2, 0) is 4.79 Å². The number of amides is 2. The topological polar surface area (TPSA) is 115 Å². The average molecular weight is 453 g/mol. The Morgan fingerprint density at radius 3 is 2.53 bits per heavy atom. The Bertz CT molecular complexity index is 1130. The number of para-hydroxylation sites is 1. The fourth-order valence-corrected chi connectivity index (χ4v) is 2.82. The summed E-state index contributed by atoms with van der Waals surface area (Å²) in [5.74, 6) is 0.0584. The van der Waals surface area contributed by atoms with Crippen LogP contribution in [0.1, 0.15) is 15.9 Å². The molecule has 0 aliphatic carbocycles. The lowest BCUT2D eigenvalue weighted by atomic mass is 10.2. The number of hydrazone groups is 1. The SMILES string of the molecule is COc1cc(/C=N/NC(=O)c2ccc(N)cc2)ccc1OCC(=O)Nc1ccccc1Cl. The maximum absolute atomic E-state index is 12.1. The third-order valence-corrected chi connectivity index (χ3v) is 4.58. The Balaban J connectivity index is 1.57. The van der Waals surface area contributed by atoms with E-state index in [1.165, 1.54) is 13.3 Å². The Labute approximate surface area is 190 Å². The molecule has 0 fully saturated rings. The molecule has 8 nitrogen and oxygen atoms in total.